The summed E-state index contributed by atoms with van der Waals surface area (Å²) in [7, 11) is 0. The molecule has 0 rings (SSSR count). The minimum absolute atomic E-state index is 0. The van der Waals surface area contributed by atoms with E-state index in [1.54, 1.807) is 13.8 Å². The topological polar surface area (TPSA) is 38.3 Å². The molecule has 13 heavy (non-hydrogen) atoms. The Labute approximate surface area is 90.6 Å². The number of alkyl halides is 1. The van der Waals surface area contributed by atoms with E-state index in [-0.39, 0.29) is 24.4 Å². The third kappa shape index (κ3) is 8.34. The van der Waals surface area contributed by atoms with Gasteiger partial charge in [-0.2, -0.15) is 0 Å². The first kappa shape index (κ1) is 15.5. The number of carbonyl (C=O) groups excluding carboxylic acids is 1. The van der Waals surface area contributed by atoms with Gasteiger partial charge in [-0.15, -0.1) is 24.0 Å². The third-order valence-electron chi connectivity index (χ3n) is 1.40. The summed E-state index contributed by atoms with van der Waals surface area (Å²) in [5.74, 6) is 0.412. The molecule has 0 aromatic rings. The normalized spacial score (nSPS) is 11.6. The Bertz CT molecular complexity index is 133. The number of halogens is 2. The maximum Gasteiger partial charge on any atom is 0.322 e. The summed E-state index contributed by atoms with van der Waals surface area (Å²) >= 11 is 5.47. The highest BCUT2D eigenvalue weighted by atomic mass is 35.5. The summed E-state index contributed by atoms with van der Waals surface area (Å²) < 4.78 is 4.80. The van der Waals surface area contributed by atoms with Gasteiger partial charge in [-0.05, 0) is 26.8 Å². The molecule has 1 atom stereocenters. The number of nitrogens with one attached hydrogen (secondary N) is 1. The van der Waals surface area contributed by atoms with Crippen molar-refractivity contribution in [2.45, 2.75) is 26.3 Å². The molecule has 0 heterocycles. The Morgan fingerprint density at radius 2 is 2.23 bits per heavy atom. The van der Waals surface area contributed by atoms with Crippen LogP contribution >= 0.6 is 24.0 Å². The smallest absolute Gasteiger partial charge is 0.322 e. The van der Waals surface area contributed by atoms with Crippen LogP contribution in [0.2, 0.25) is 0 Å². The van der Waals surface area contributed by atoms with Gasteiger partial charge in [0.2, 0.25) is 0 Å². The van der Waals surface area contributed by atoms with E-state index in [9.17, 15) is 4.79 Å². The fourth-order valence-corrected chi connectivity index (χ4v) is 0.870. The molecule has 0 aromatic heterocycles. The first-order valence-electron chi connectivity index (χ1n) is 4.18. The van der Waals surface area contributed by atoms with Crippen LogP contribution in [-0.4, -0.2) is 31.0 Å². The molecule has 0 aliphatic carbocycles. The minimum atomic E-state index is -0.229. The number of hydrogen-bond donors (Lipinski definition) is 1. The van der Waals surface area contributed by atoms with Crippen LogP contribution in [-0.2, 0) is 9.53 Å². The largest absolute Gasteiger partial charge is 0.465 e. The van der Waals surface area contributed by atoms with Crippen molar-refractivity contribution < 1.29 is 9.53 Å². The Hall–Kier alpha value is 0.01000. The fourth-order valence-electron chi connectivity index (χ4n) is 0.736. The second-order valence-corrected chi connectivity index (χ2v) is 2.85. The molecule has 0 aliphatic rings. The van der Waals surface area contributed by atoms with Crippen molar-refractivity contribution in [3.05, 3.63) is 0 Å². The van der Waals surface area contributed by atoms with Crippen LogP contribution in [0.4, 0.5) is 0 Å². The van der Waals surface area contributed by atoms with Crippen LogP contribution in [0, 0.1) is 0 Å². The zero-order chi connectivity index (χ0) is 9.40. The Morgan fingerprint density at radius 1 is 1.62 bits per heavy atom. The first-order valence-corrected chi connectivity index (χ1v) is 4.71. The SMILES string of the molecule is CCOC(=O)[C@H](C)NCCCCl.Cl. The molecule has 0 spiro atoms. The highest BCUT2D eigenvalue weighted by Gasteiger charge is 2.11. The molecule has 80 valence electrons. The van der Waals surface area contributed by atoms with Crippen LogP contribution in [0.1, 0.15) is 20.3 Å². The summed E-state index contributed by atoms with van der Waals surface area (Å²) in [5, 5.41) is 3.01. The van der Waals surface area contributed by atoms with Crippen molar-refractivity contribution in [3.8, 4) is 0 Å². The van der Waals surface area contributed by atoms with Gasteiger partial charge in [-0.25, -0.2) is 0 Å². The number of carbonyl (C=O) groups is 1. The molecule has 0 bridgehead atoms. The summed E-state index contributed by atoms with van der Waals surface area (Å²) in [6, 6.07) is -0.229. The van der Waals surface area contributed by atoms with E-state index >= 15 is 0 Å². The van der Waals surface area contributed by atoms with E-state index in [0.717, 1.165) is 13.0 Å². The zero-order valence-corrected chi connectivity index (χ0v) is 9.58. The average molecular weight is 230 g/mol. The number of hydrogen-bond acceptors (Lipinski definition) is 3. The Kier molecular flexibility index (Phi) is 12.0. The van der Waals surface area contributed by atoms with Crippen LogP contribution in [0.15, 0.2) is 0 Å². The van der Waals surface area contributed by atoms with E-state index in [2.05, 4.69) is 5.32 Å². The van der Waals surface area contributed by atoms with E-state index < -0.39 is 0 Å². The lowest BCUT2D eigenvalue weighted by atomic mass is 10.3. The van der Waals surface area contributed by atoms with Crippen molar-refractivity contribution in [1.82, 2.24) is 5.32 Å². The number of esters is 1. The molecular weight excluding hydrogens is 213 g/mol. The lowest BCUT2D eigenvalue weighted by Gasteiger charge is -2.11. The van der Waals surface area contributed by atoms with Gasteiger partial charge in [0.15, 0.2) is 0 Å². The monoisotopic (exact) mass is 229 g/mol. The number of rotatable bonds is 6. The Balaban J connectivity index is 0. The lowest BCUT2D eigenvalue weighted by Crippen LogP contribution is -2.36. The van der Waals surface area contributed by atoms with Crippen LogP contribution in [0.25, 0.3) is 0 Å². The van der Waals surface area contributed by atoms with Crippen LogP contribution in [0.3, 0.4) is 0 Å². The molecular formula is C8H17Cl2NO2. The first-order chi connectivity index (χ1) is 5.72. The zero-order valence-electron chi connectivity index (χ0n) is 8.01. The molecule has 3 nitrogen and oxygen atoms in total. The van der Waals surface area contributed by atoms with Gasteiger partial charge in [0.25, 0.3) is 0 Å². The van der Waals surface area contributed by atoms with Crippen molar-refractivity contribution in [2.75, 3.05) is 19.0 Å². The molecule has 0 saturated carbocycles. The lowest BCUT2D eigenvalue weighted by molar-refractivity contribution is -0.145. The van der Waals surface area contributed by atoms with Gasteiger partial charge in [-0.3, -0.25) is 4.79 Å². The van der Waals surface area contributed by atoms with E-state index in [1.807, 2.05) is 0 Å². The van der Waals surface area contributed by atoms with Gasteiger partial charge in [0, 0.05) is 5.88 Å². The average Bonchev–Trinajstić information content (AvgIpc) is 2.05. The van der Waals surface area contributed by atoms with E-state index in [4.69, 9.17) is 16.3 Å². The van der Waals surface area contributed by atoms with Crippen molar-refractivity contribution >= 4 is 30.0 Å². The molecule has 0 saturated heterocycles. The summed E-state index contributed by atoms with van der Waals surface area (Å²) in [6.07, 6.45) is 0.866. The molecule has 1 N–H and O–H groups in total. The highest BCUT2D eigenvalue weighted by molar-refractivity contribution is 6.17. The van der Waals surface area contributed by atoms with E-state index in [0.29, 0.717) is 12.5 Å². The predicted octanol–water partition coefficient (Wildman–Crippen LogP) is 1.58. The third-order valence-corrected chi connectivity index (χ3v) is 1.67. The highest BCUT2D eigenvalue weighted by Crippen LogP contribution is 1.89. The molecule has 0 unspecified atom stereocenters. The van der Waals surface area contributed by atoms with E-state index in [1.165, 1.54) is 0 Å². The second-order valence-electron chi connectivity index (χ2n) is 2.47. The van der Waals surface area contributed by atoms with Gasteiger partial charge in [0.05, 0.1) is 6.61 Å². The standard InChI is InChI=1S/C8H16ClNO2.ClH/c1-3-12-8(11)7(2)10-6-4-5-9;/h7,10H,3-6H2,1-2H3;1H/t7-;/m0./s1. The van der Waals surface area contributed by atoms with Crippen molar-refractivity contribution in [1.29, 1.82) is 0 Å². The minimum Gasteiger partial charge on any atom is -0.465 e. The van der Waals surface area contributed by atoms with Gasteiger partial charge in [0.1, 0.15) is 6.04 Å². The quantitative estimate of drug-likeness (QED) is 0.427. The molecule has 0 amide bonds. The molecule has 5 heteroatoms. The number of ether oxygens (including phenoxy) is 1. The predicted molar refractivity (Wildman–Crippen MR) is 56.7 cm³/mol. The Morgan fingerprint density at radius 3 is 2.69 bits per heavy atom. The molecule has 0 aromatic carbocycles. The van der Waals surface area contributed by atoms with Crippen LogP contribution in [0.5, 0.6) is 0 Å². The second kappa shape index (κ2) is 10.1. The maximum atomic E-state index is 11.0. The van der Waals surface area contributed by atoms with Gasteiger partial charge < -0.3 is 10.1 Å². The summed E-state index contributed by atoms with van der Waals surface area (Å²) in [5.41, 5.74) is 0. The van der Waals surface area contributed by atoms with Crippen molar-refractivity contribution in [2.24, 2.45) is 0 Å². The summed E-state index contributed by atoms with van der Waals surface area (Å²) in [6.45, 7) is 4.76. The fraction of sp³-hybridized carbons (Fsp3) is 0.875. The molecule has 0 aliphatic heterocycles. The molecule has 0 fully saturated rings. The molecule has 0 radical (unpaired) electrons. The summed E-state index contributed by atoms with van der Waals surface area (Å²) in [4.78, 5) is 11.0. The van der Waals surface area contributed by atoms with Gasteiger partial charge in [-0.1, -0.05) is 0 Å². The van der Waals surface area contributed by atoms with Crippen molar-refractivity contribution in [3.63, 3.8) is 0 Å². The van der Waals surface area contributed by atoms with Crippen LogP contribution < -0.4 is 5.32 Å². The van der Waals surface area contributed by atoms with Gasteiger partial charge >= 0.3 is 5.97 Å². The maximum absolute atomic E-state index is 11.0.